The van der Waals surface area contributed by atoms with Gasteiger partial charge in [0.15, 0.2) is 6.61 Å². The summed E-state index contributed by atoms with van der Waals surface area (Å²) < 4.78 is 32.5. The van der Waals surface area contributed by atoms with Gasteiger partial charge in [0, 0.05) is 18.8 Å². The van der Waals surface area contributed by atoms with Gasteiger partial charge in [-0.1, -0.05) is 12.1 Å². The van der Waals surface area contributed by atoms with E-state index in [0.29, 0.717) is 30.1 Å². The van der Waals surface area contributed by atoms with Gasteiger partial charge in [-0.15, -0.1) is 0 Å². The topological polar surface area (TPSA) is 99.5 Å². The minimum absolute atomic E-state index is 0.192. The molecule has 8 heteroatoms. The molecule has 1 N–H and O–H groups in total. The molecule has 1 aliphatic carbocycles. The molecule has 31 heavy (non-hydrogen) atoms. The molecule has 1 saturated heterocycles. The Morgan fingerprint density at radius 3 is 2.42 bits per heavy atom. The van der Waals surface area contributed by atoms with Crippen LogP contribution >= 0.6 is 0 Å². The van der Waals surface area contributed by atoms with Gasteiger partial charge in [-0.05, 0) is 74.1 Å². The number of nitrogens with one attached hydrogen (secondary N) is 1. The first kappa shape index (κ1) is 21.3. The number of anilines is 1. The molecule has 0 spiro atoms. The summed E-state index contributed by atoms with van der Waals surface area (Å²) in [5, 5.41) is 12.0. The van der Waals surface area contributed by atoms with Gasteiger partial charge in [-0.3, -0.25) is 4.79 Å². The van der Waals surface area contributed by atoms with Gasteiger partial charge in [0.25, 0.3) is 5.91 Å². The van der Waals surface area contributed by atoms with E-state index >= 15 is 0 Å². The zero-order valence-corrected chi connectivity index (χ0v) is 18.2. The maximum absolute atomic E-state index is 12.7. The van der Waals surface area contributed by atoms with E-state index in [-0.39, 0.29) is 22.8 Å². The molecule has 1 saturated carbocycles. The summed E-state index contributed by atoms with van der Waals surface area (Å²) >= 11 is 0. The second-order valence-electron chi connectivity index (χ2n) is 8.15. The molecular formula is C23H25N3O4S. The van der Waals surface area contributed by atoms with Crippen molar-refractivity contribution in [2.75, 3.05) is 25.0 Å². The van der Waals surface area contributed by atoms with Crippen LogP contribution in [0, 0.1) is 18.3 Å². The Labute approximate surface area is 182 Å². The van der Waals surface area contributed by atoms with Crippen LogP contribution in [0.25, 0.3) is 0 Å². The van der Waals surface area contributed by atoms with E-state index in [4.69, 9.17) is 4.74 Å². The zero-order valence-electron chi connectivity index (χ0n) is 17.4. The normalized spacial score (nSPS) is 17.7. The molecule has 1 amide bonds. The van der Waals surface area contributed by atoms with E-state index < -0.39 is 10.0 Å². The number of sulfonamides is 1. The van der Waals surface area contributed by atoms with Crippen LogP contribution in [0.1, 0.15) is 36.8 Å². The Morgan fingerprint density at radius 1 is 1.16 bits per heavy atom. The summed E-state index contributed by atoms with van der Waals surface area (Å²) in [6, 6.07) is 14.4. The smallest absolute Gasteiger partial charge is 0.262 e. The number of aryl methyl sites for hydroxylation is 1. The first-order chi connectivity index (χ1) is 14.8. The molecule has 0 bridgehead atoms. The van der Waals surface area contributed by atoms with Crippen LogP contribution < -0.4 is 10.1 Å². The minimum Gasteiger partial charge on any atom is -0.483 e. The van der Waals surface area contributed by atoms with Crippen molar-refractivity contribution in [2.24, 2.45) is 0 Å². The molecule has 2 aromatic carbocycles. The van der Waals surface area contributed by atoms with Gasteiger partial charge in [-0.25, -0.2) is 8.42 Å². The molecule has 0 aromatic heterocycles. The lowest BCUT2D eigenvalue weighted by atomic mass is 9.98. The first-order valence-corrected chi connectivity index (χ1v) is 11.8. The van der Waals surface area contributed by atoms with Crippen LogP contribution in [0.5, 0.6) is 5.75 Å². The van der Waals surface area contributed by atoms with Crippen LogP contribution in [-0.4, -0.2) is 38.3 Å². The molecule has 7 nitrogen and oxygen atoms in total. The van der Waals surface area contributed by atoms with Crippen molar-refractivity contribution in [1.29, 1.82) is 5.26 Å². The fraction of sp³-hybridized carbons (Fsp3) is 0.391. The van der Waals surface area contributed by atoms with Crippen LogP contribution in [0.3, 0.4) is 0 Å². The lowest BCUT2D eigenvalue weighted by Crippen LogP contribution is -2.27. The molecule has 4 rings (SSSR count). The average Bonchev–Trinajstić information content (AvgIpc) is 3.35. The van der Waals surface area contributed by atoms with Crippen LogP contribution in [0.2, 0.25) is 0 Å². The van der Waals surface area contributed by atoms with Crippen molar-refractivity contribution in [3.63, 3.8) is 0 Å². The van der Waals surface area contributed by atoms with E-state index in [1.807, 2.05) is 12.1 Å². The molecule has 1 aliphatic heterocycles. The van der Waals surface area contributed by atoms with Gasteiger partial charge >= 0.3 is 0 Å². The van der Waals surface area contributed by atoms with E-state index in [0.717, 1.165) is 31.2 Å². The number of rotatable bonds is 7. The van der Waals surface area contributed by atoms with E-state index in [1.165, 1.54) is 10.4 Å². The highest BCUT2D eigenvalue weighted by Crippen LogP contribution is 2.47. The highest BCUT2D eigenvalue weighted by Gasteiger charge is 2.44. The maximum atomic E-state index is 12.7. The van der Waals surface area contributed by atoms with Crippen molar-refractivity contribution >= 4 is 21.6 Å². The second-order valence-corrected chi connectivity index (χ2v) is 10.1. The number of amides is 1. The van der Waals surface area contributed by atoms with Crippen molar-refractivity contribution in [1.82, 2.24) is 4.31 Å². The highest BCUT2D eigenvalue weighted by molar-refractivity contribution is 7.89. The monoisotopic (exact) mass is 439 g/mol. The quantitative estimate of drug-likeness (QED) is 0.713. The molecule has 0 atom stereocenters. The average molecular weight is 440 g/mol. The summed E-state index contributed by atoms with van der Waals surface area (Å²) in [6.07, 6.45) is 3.52. The predicted molar refractivity (Wildman–Crippen MR) is 116 cm³/mol. The minimum atomic E-state index is -3.48. The first-order valence-electron chi connectivity index (χ1n) is 10.4. The molecule has 2 aromatic rings. The number of ether oxygens (including phenoxy) is 1. The van der Waals surface area contributed by atoms with Crippen LogP contribution in [-0.2, 0) is 20.2 Å². The van der Waals surface area contributed by atoms with Crippen molar-refractivity contribution in [3.8, 4) is 11.8 Å². The number of benzene rings is 2. The molecule has 162 valence electrons. The Morgan fingerprint density at radius 2 is 1.84 bits per heavy atom. The fourth-order valence-electron chi connectivity index (χ4n) is 3.82. The number of carbonyl (C=O) groups excluding carboxylic acids is 1. The summed E-state index contributed by atoms with van der Waals surface area (Å²) in [7, 11) is -3.48. The highest BCUT2D eigenvalue weighted by atomic mass is 32.2. The Hall–Kier alpha value is -2.89. The van der Waals surface area contributed by atoms with Gasteiger partial charge in [-0.2, -0.15) is 9.57 Å². The van der Waals surface area contributed by atoms with E-state index in [1.54, 1.807) is 31.2 Å². The zero-order chi connectivity index (χ0) is 22.1. The largest absolute Gasteiger partial charge is 0.483 e. The van der Waals surface area contributed by atoms with Gasteiger partial charge in [0.05, 0.1) is 16.4 Å². The van der Waals surface area contributed by atoms with Crippen LogP contribution in [0.4, 0.5) is 5.69 Å². The number of carbonyl (C=O) groups is 1. The number of hydrogen-bond acceptors (Lipinski definition) is 5. The fourth-order valence-corrected chi connectivity index (χ4v) is 5.43. The van der Waals surface area contributed by atoms with Gasteiger partial charge in [0.1, 0.15) is 5.75 Å². The Balaban J connectivity index is 1.34. The lowest BCUT2D eigenvalue weighted by molar-refractivity contribution is -0.118. The van der Waals surface area contributed by atoms with Crippen molar-refractivity contribution in [3.05, 3.63) is 53.6 Å². The third-order valence-corrected chi connectivity index (χ3v) is 7.79. The van der Waals surface area contributed by atoms with Crippen LogP contribution in [0.15, 0.2) is 47.4 Å². The molecule has 0 radical (unpaired) electrons. The third kappa shape index (κ3) is 4.43. The van der Waals surface area contributed by atoms with Crippen molar-refractivity contribution in [2.45, 2.75) is 42.9 Å². The second kappa shape index (κ2) is 8.33. The third-order valence-electron chi connectivity index (χ3n) is 5.89. The van der Waals surface area contributed by atoms with Gasteiger partial charge < -0.3 is 10.1 Å². The number of hydrogen-bond donors (Lipinski definition) is 1. The molecule has 2 aliphatic rings. The number of nitrogens with zero attached hydrogens (tertiary/aromatic N) is 2. The lowest BCUT2D eigenvalue weighted by Gasteiger charge is -2.17. The van der Waals surface area contributed by atoms with Gasteiger partial charge in [0.2, 0.25) is 10.0 Å². The van der Waals surface area contributed by atoms with E-state index in [2.05, 4.69) is 11.4 Å². The molecule has 1 heterocycles. The Bertz CT molecular complexity index is 1130. The summed E-state index contributed by atoms with van der Waals surface area (Å²) in [5.74, 6) is 0.151. The van der Waals surface area contributed by atoms with Crippen molar-refractivity contribution < 1.29 is 17.9 Å². The SMILES string of the molecule is Cc1cc(S(=O)(=O)N2CCCC2)ccc1OCC(=O)Nc1ccc(C2(C#N)CC2)cc1. The molecular weight excluding hydrogens is 414 g/mol. The molecule has 2 fully saturated rings. The van der Waals surface area contributed by atoms with E-state index in [9.17, 15) is 18.5 Å². The Kier molecular flexibility index (Phi) is 5.73. The maximum Gasteiger partial charge on any atom is 0.262 e. The molecule has 0 unspecified atom stereocenters. The number of nitriles is 1. The summed E-state index contributed by atoms with van der Waals surface area (Å²) in [6.45, 7) is 2.68. The summed E-state index contributed by atoms with van der Waals surface area (Å²) in [5.41, 5.74) is 1.92. The predicted octanol–water partition coefficient (Wildman–Crippen LogP) is 3.35. The standard InChI is InChI=1S/C23H25N3O4S/c1-17-14-20(31(28,29)26-12-2-3-13-26)8-9-21(17)30-15-22(27)25-19-6-4-18(5-7-19)23(16-24)10-11-23/h4-9,14H,2-3,10-13,15H2,1H3,(H,25,27). The summed E-state index contributed by atoms with van der Waals surface area (Å²) in [4.78, 5) is 12.5.